The van der Waals surface area contributed by atoms with Gasteiger partial charge in [0.2, 0.25) is 11.8 Å². The number of amides is 3. The summed E-state index contributed by atoms with van der Waals surface area (Å²) in [5.74, 6) is 0.473. The Labute approximate surface area is 184 Å². The lowest BCUT2D eigenvalue weighted by Crippen LogP contribution is -2.49. The normalized spacial score (nSPS) is 16.6. The summed E-state index contributed by atoms with van der Waals surface area (Å²) >= 11 is 0. The van der Waals surface area contributed by atoms with Crippen LogP contribution in [0.2, 0.25) is 0 Å². The van der Waals surface area contributed by atoms with Crippen LogP contribution < -0.4 is 10.2 Å². The van der Waals surface area contributed by atoms with Gasteiger partial charge in [0, 0.05) is 37.1 Å². The van der Waals surface area contributed by atoms with Crippen molar-refractivity contribution in [2.45, 2.75) is 25.9 Å². The summed E-state index contributed by atoms with van der Waals surface area (Å²) in [7, 11) is 0. The third kappa shape index (κ3) is 3.31. The summed E-state index contributed by atoms with van der Waals surface area (Å²) in [6.45, 7) is 2.27. The lowest BCUT2D eigenvalue weighted by molar-refractivity contribution is -0.121. The van der Waals surface area contributed by atoms with E-state index in [9.17, 15) is 14.4 Å². The van der Waals surface area contributed by atoms with Crippen LogP contribution in [0.25, 0.3) is 0 Å². The average molecular weight is 431 g/mol. The zero-order valence-corrected chi connectivity index (χ0v) is 17.4. The predicted octanol–water partition coefficient (Wildman–Crippen LogP) is 2.24. The first-order chi connectivity index (χ1) is 15.5. The molecule has 1 atom stereocenters. The first-order valence-electron chi connectivity index (χ1n) is 10.4. The number of carbonyl (C=O) groups excluding carboxylic acids is 3. The van der Waals surface area contributed by atoms with E-state index in [-0.39, 0.29) is 30.7 Å². The number of hydrogen-bond acceptors (Lipinski definition) is 6. The van der Waals surface area contributed by atoms with Crippen molar-refractivity contribution in [3.8, 4) is 0 Å². The molecule has 3 heterocycles. The van der Waals surface area contributed by atoms with Gasteiger partial charge in [-0.1, -0.05) is 35.5 Å². The standard InChI is InChI=1S/C23H21N5O4/c1-14-25-20(32-26-14)10-12-24-19(29)11-13-27-21-15-6-2-3-7-16(15)23(31)28(21)18-9-5-4-8-17(18)22(27)30/h2-9,21H,10-13H2,1H3,(H,24,29)/t21-/m0/s1. The maximum Gasteiger partial charge on any atom is 0.260 e. The van der Waals surface area contributed by atoms with E-state index < -0.39 is 6.17 Å². The Morgan fingerprint density at radius 3 is 2.59 bits per heavy atom. The highest BCUT2D eigenvalue weighted by molar-refractivity contribution is 6.16. The van der Waals surface area contributed by atoms with E-state index in [1.165, 1.54) is 0 Å². The Kier molecular flexibility index (Phi) is 4.93. The number of nitrogens with zero attached hydrogens (tertiary/aromatic N) is 4. The number of anilines is 1. The highest BCUT2D eigenvalue weighted by Crippen LogP contribution is 2.45. The van der Waals surface area contributed by atoms with Crippen molar-refractivity contribution in [3.05, 3.63) is 76.9 Å². The SMILES string of the molecule is Cc1noc(CCNC(=O)CCN2C(=O)c3ccccc3N3C(=O)c4ccccc4[C@@H]23)n1. The Balaban J connectivity index is 1.33. The number of carbonyl (C=O) groups is 3. The maximum absolute atomic E-state index is 13.3. The smallest absolute Gasteiger partial charge is 0.260 e. The number of rotatable bonds is 6. The van der Waals surface area contributed by atoms with E-state index in [1.807, 2.05) is 24.3 Å². The highest BCUT2D eigenvalue weighted by atomic mass is 16.5. The number of aryl methyl sites for hydroxylation is 1. The molecule has 2 aromatic carbocycles. The van der Waals surface area contributed by atoms with Gasteiger partial charge in [0.15, 0.2) is 5.82 Å². The molecule has 0 bridgehead atoms. The van der Waals surface area contributed by atoms with E-state index >= 15 is 0 Å². The summed E-state index contributed by atoms with van der Waals surface area (Å²) < 4.78 is 5.04. The Hall–Kier alpha value is -4.01. The molecule has 3 amide bonds. The minimum atomic E-state index is -0.560. The molecule has 1 N–H and O–H groups in total. The van der Waals surface area contributed by atoms with Crippen LogP contribution >= 0.6 is 0 Å². The summed E-state index contributed by atoms with van der Waals surface area (Å²) in [5.41, 5.74) is 2.40. The molecule has 0 saturated carbocycles. The molecule has 9 heteroatoms. The van der Waals surface area contributed by atoms with Crippen LogP contribution in [0.4, 0.5) is 5.69 Å². The van der Waals surface area contributed by atoms with Crippen molar-refractivity contribution in [1.82, 2.24) is 20.4 Å². The van der Waals surface area contributed by atoms with Crippen LogP contribution in [-0.2, 0) is 11.2 Å². The van der Waals surface area contributed by atoms with E-state index in [0.29, 0.717) is 41.5 Å². The fourth-order valence-electron chi connectivity index (χ4n) is 4.26. The molecular formula is C23H21N5O4. The van der Waals surface area contributed by atoms with Gasteiger partial charge < -0.3 is 14.7 Å². The first-order valence-corrected chi connectivity index (χ1v) is 10.4. The van der Waals surface area contributed by atoms with Gasteiger partial charge in [-0.15, -0.1) is 0 Å². The van der Waals surface area contributed by atoms with Crippen molar-refractivity contribution in [2.24, 2.45) is 0 Å². The third-order valence-corrected chi connectivity index (χ3v) is 5.69. The van der Waals surface area contributed by atoms with E-state index in [0.717, 1.165) is 5.56 Å². The Morgan fingerprint density at radius 1 is 1.06 bits per heavy atom. The van der Waals surface area contributed by atoms with Gasteiger partial charge in [-0.2, -0.15) is 4.98 Å². The molecule has 1 aromatic heterocycles. The quantitative estimate of drug-likeness (QED) is 0.641. The van der Waals surface area contributed by atoms with Crippen LogP contribution in [0.5, 0.6) is 0 Å². The number of benzene rings is 2. The second-order valence-electron chi connectivity index (χ2n) is 7.74. The topological polar surface area (TPSA) is 109 Å². The lowest BCUT2D eigenvalue weighted by Gasteiger charge is -2.40. The average Bonchev–Trinajstić information content (AvgIpc) is 3.35. The minimum absolute atomic E-state index is 0.109. The molecule has 2 aliphatic rings. The summed E-state index contributed by atoms with van der Waals surface area (Å²) in [4.78, 5) is 46.3. The van der Waals surface area contributed by atoms with Crippen molar-refractivity contribution < 1.29 is 18.9 Å². The number of nitrogens with one attached hydrogen (secondary N) is 1. The number of fused-ring (bicyclic) bond motifs is 5. The van der Waals surface area contributed by atoms with Crippen molar-refractivity contribution >= 4 is 23.4 Å². The van der Waals surface area contributed by atoms with Gasteiger partial charge in [0.25, 0.3) is 11.8 Å². The fraction of sp³-hybridized carbons (Fsp3) is 0.261. The number of aromatic nitrogens is 2. The molecule has 32 heavy (non-hydrogen) atoms. The van der Waals surface area contributed by atoms with Crippen LogP contribution in [0.3, 0.4) is 0 Å². The van der Waals surface area contributed by atoms with Crippen LogP contribution in [0.1, 0.15) is 50.6 Å². The first kappa shape index (κ1) is 19.9. The molecule has 162 valence electrons. The van der Waals surface area contributed by atoms with Gasteiger partial charge >= 0.3 is 0 Å². The van der Waals surface area contributed by atoms with E-state index in [1.54, 1.807) is 41.0 Å². The second kappa shape index (κ2) is 7.92. The molecule has 3 aromatic rings. The monoisotopic (exact) mass is 431 g/mol. The molecule has 0 aliphatic carbocycles. The zero-order valence-electron chi connectivity index (χ0n) is 17.4. The molecule has 0 radical (unpaired) electrons. The van der Waals surface area contributed by atoms with Crippen molar-refractivity contribution in [1.29, 1.82) is 0 Å². The lowest BCUT2D eigenvalue weighted by atomic mass is 10.0. The molecule has 0 unspecified atom stereocenters. The van der Waals surface area contributed by atoms with Crippen LogP contribution in [0.15, 0.2) is 53.1 Å². The van der Waals surface area contributed by atoms with Crippen LogP contribution in [0, 0.1) is 6.92 Å². The summed E-state index contributed by atoms with van der Waals surface area (Å²) in [5, 5.41) is 6.54. The number of para-hydroxylation sites is 1. The fourth-order valence-corrected chi connectivity index (χ4v) is 4.26. The highest BCUT2D eigenvalue weighted by Gasteiger charge is 2.47. The summed E-state index contributed by atoms with van der Waals surface area (Å²) in [6, 6.07) is 14.4. The van der Waals surface area contributed by atoms with Gasteiger partial charge in [-0.25, -0.2) is 0 Å². The van der Waals surface area contributed by atoms with Gasteiger partial charge in [-0.3, -0.25) is 19.3 Å². The maximum atomic E-state index is 13.3. The zero-order chi connectivity index (χ0) is 22.2. The molecular weight excluding hydrogens is 410 g/mol. The Morgan fingerprint density at radius 2 is 1.81 bits per heavy atom. The molecule has 0 spiro atoms. The van der Waals surface area contributed by atoms with E-state index in [4.69, 9.17) is 4.52 Å². The third-order valence-electron chi connectivity index (χ3n) is 5.69. The van der Waals surface area contributed by atoms with Gasteiger partial charge in [0.05, 0.1) is 11.3 Å². The molecule has 0 fully saturated rings. The van der Waals surface area contributed by atoms with Gasteiger partial charge in [0.1, 0.15) is 6.17 Å². The van der Waals surface area contributed by atoms with E-state index in [2.05, 4.69) is 15.5 Å². The molecule has 9 nitrogen and oxygen atoms in total. The van der Waals surface area contributed by atoms with Crippen molar-refractivity contribution in [2.75, 3.05) is 18.0 Å². The predicted molar refractivity (Wildman–Crippen MR) is 114 cm³/mol. The Bertz CT molecular complexity index is 1220. The van der Waals surface area contributed by atoms with Gasteiger partial charge in [-0.05, 0) is 25.1 Å². The molecule has 2 aliphatic heterocycles. The minimum Gasteiger partial charge on any atom is -0.356 e. The molecule has 0 saturated heterocycles. The van der Waals surface area contributed by atoms with Crippen LogP contribution in [-0.4, -0.2) is 45.9 Å². The van der Waals surface area contributed by atoms with Crippen molar-refractivity contribution in [3.63, 3.8) is 0 Å². The molecule has 5 rings (SSSR count). The largest absolute Gasteiger partial charge is 0.356 e. The number of hydrogen-bond donors (Lipinski definition) is 1. The summed E-state index contributed by atoms with van der Waals surface area (Å²) in [6.07, 6.45) is -0.0199. The second-order valence-corrected chi connectivity index (χ2v) is 7.74.